The molecule has 1 aromatic carbocycles. The van der Waals surface area contributed by atoms with Crippen LogP contribution in [0, 0.1) is 5.92 Å². The third-order valence-electron chi connectivity index (χ3n) is 4.62. The Balaban J connectivity index is 1.42. The first-order valence-electron chi connectivity index (χ1n) is 7.91. The Bertz CT molecular complexity index is 446. The van der Waals surface area contributed by atoms with Crippen molar-refractivity contribution in [3.8, 4) is 0 Å². The smallest absolute Gasteiger partial charge is 0.227 e. The van der Waals surface area contributed by atoms with Gasteiger partial charge >= 0.3 is 0 Å². The molecular weight excluding hydrogens is 248 g/mol. The van der Waals surface area contributed by atoms with Crippen LogP contribution in [0.25, 0.3) is 0 Å². The molecule has 2 atom stereocenters. The number of unbranched alkanes of at least 4 members (excludes halogenated alkanes) is 1. The largest absolute Gasteiger partial charge is 0.341 e. The Morgan fingerprint density at radius 3 is 2.85 bits per heavy atom. The number of carbonyl (C=O) groups is 1. The molecule has 20 heavy (non-hydrogen) atoms. The summed E-state index contributed by atoms with van der Waals surface area (Å²) in [5.41, 5.74) is 1.40. The molecule has 2 saturated heterocycles. The lowest BCUT2D eigenvalue weighted by atomic mass is 9.94. The molecule has 0 spiro atoms. The lowest BCUT2D eigenvalue weighted by molar-refractivity contribution is -0.131. The molecule has 0 radical (unpaired) electrons. The van der Waals surface area contributed by atoms with Gasteiger partial charge in [0.1, 0.15) is 0 Å². The number of nitrogens with zero attached hydrogens (tertiary/aromatic N) is 1. The fourth-order valence-corrected chi connectivity index (χ4v) is 3.48. The topological polar surface area (TPSA) is 32.3 Å². The van der Waals surface area contributed by atoms with Gasteiger partial charge in [-0.15, -0.1) is 0 Å². The van der Waals surface area contributed by atoms with Crippen molar-refractivity contribution in [3.05, 3.63) is 35.9 Å². The molecule has 2 fully saturated rings. The van der Waals surface area contributed by atoms with Gasteiger partial charge in [-0.1, -0.05) is 30.3 Å². The highest BCUT2D eigenvalue weighted by Gasteiger charge is 2.40. The van der Waals surface area contributed by atoms with Gasteiger partial charge in [0.25, 0.3) is 0 Å². The number of piperidine rings is 1. The summed E-state index contributed by atoms with van der Waals surface area (Å²) in [4.78, 5) is 14.4. The van der Waals surface area contributed by atoms with E-state index < -0.39 is 0 Å². The van der Waals surface area contributed by atoms with Crippen molar-refractivity contribution in [1.29, 1.82) is 0 Å². The van der Waals surface area contributed by atoms with Gasteiger partial charge in [-0.05, 0) is 44.2 Å². The maximum Gasteiger partial charge on any atom is 0.227 e. The molecular formula is C17H24N2O. The van der Waals surface area contributed by atoms with E-state index in [-0.39, 0.29) is 5.92 Å². The second-order valence-electron chi connectivity index (χ2n) is 6.04. The van der Waals surface area contributed by atoms with Gasteiger partial charge in [0, 0.05) is 19.1 Å². The molecule has 0 saturated carbocycles. The number of amides is 1. The fraction of sp³-hybridized carbons (Fsp3) is 0.588. The predicted octanol–water partition coefficient (Wildman–Crippen LogP) is 2.22. The lowest BCUT2D eigenvalue weighted by Crippen LogP contribution is -2.41. The molecule has 1 amide bonds. The minimum absolute atomic E-state index is 0.262. The lowest BCUT2D eigenvalue weighted by Gasteiger charge is -2.23. The molecule has 2 aliphatic heterocycles. The first kappa shape index (κ1) is 13.6. The zero-order chi connectivity index (χ0) is 13.8. The van der Waals surface area contributed by atoms with Crippen molar-refractivity contribution in [2.45, 2.75) is 38.1 Å². The van der Waals surface area contributed by atoms with Crippen molar-refractivity contribution >= 4 is 5.91 Å². The monoisotopic (exact) mass is 272 g/mol. The summed E-state index contributed by atoms with van der Waals surface area (Å²) in [5.74, 6) is 0.653. The SMILES string of the molecule is O=C1C2CCCNC2CN1CCCCc1ccccc1. The molecule has 0 bridgehead atoms. The van der Waals surface area contributed by atoms with Crippen LogP contribution in [0.5, 0.6) is 0 Å². The van der Waals surface area contributed by atoms with Crippen molar-refractivity contribution in [2.24, 2.45) is 5.92 Å². The van der Waals surface area contributed by atoms with E-state index in [1.165, 1.54) is 5.56 Å². The summed E-state index contributed by atoms with van der Waals surface area (Å²) in [6.07, 6.45) is 5.62. The zero-order valence-electron chi connectivity index (χ0n) is 12.1. The average Bonchev–Trinajstić information content (AvgIpc) is 2.82. The summed E-state index contributed by atoms with van der Waals surface area (Å²) in [5, 5.41) is 3.50. The Kier molecular flexibility index (Phi) is 4.36. The van der Waals surface area contributed by atoms with E-state index in [1.54, 1.807) is 0 Å². The van der Waals surface area contributed by atoms with Gasteiger partial charge < -0.3 is 10.2 Å². The highest BCUT2D eigenvalue weighted by molar-refractivity contribution is 5.82. The standard InChI is InChI=1S/C17H24N2O/c20-17-15-10-6-11-18-16(15)13-19(17)12-5-4-9-14-7-2-1-3-8-14/h1-3,7-8,15-16,18H,4-6,9-13H2. The van der Waals surface area contributed by atoms with E-state index in [0.717, 1.165) is 51.7 Å². The van der Waals surface area contributed by atoms with E-state index in [9.17, 15) is 4.79 Å². The quantitative estimate of drug-likeness (QED) is 0.834. The Labute approximate surface area is 121 Å². The average molecular weight is 272 g/mol. The normalized spacial score (nSPS) is 25.8. The summed E-state index contributed by atoms with van der Waals surface area (Å²) in [6, 6.07) is 11.0. The van der Waals surface area contributed by atoms with Gasteiger partial charge in [0.05, 0.1) is 5.92 Å². The van der Waals surface area contributed by atoms with Crippen molar-refractivity contribution in [3.63, 3.8) is 0 Å². The van der Waals surface area contributed by atoms with Crippen LogP contribution < -0.4 is 5.32 Å². The molecule has 3 rings (SSSR count). The second kappa shape index (κ2) is 6.40. The third kappa shape index (κ3) is 3.04. The Morgan fingerprint density at radius 1 is 1.20 bits per heavy atom. The third-order valence-corrected chi connectivity index (χ3v) is 4.62. The number of hydrogen-bond acceptors (Lipinski definition) is 2. The van der Waals surface area contributed by atoms with Crippen LogP contribution in [-0.2, 0) is 11.2 Å². The van der Waals surface area contributed by atoms with E-state index in [2.05, 4.69) is 40.5 Å². The molecule has 108 valence electrons. The molecule has 2 aliphatic rings. The number of aryl methyl sites for hydroxylation is 1. The van der Waals surface area contributed by atoms with Crippen LogP contribution >= 0.6 is 0 Å². The van der Waals surface area contributed by atoms with Crippen LogP contribution in [-0.4, -0.2) is 36.5 Å². The van der Waals surface area contributed by atoms with E-state index in [1.807, 2.05) is 0 Å². The molecule has 1 N–H and O–H groups in total. The summed E-state index contributed by atoms with van der Waals surface area (Å²) in [6.45, 7) is 2.94. The molecule has 0 aromatic heterocycles. The first-order chi connectivity index (χ1) is 9.84. The number of rotatable bonds is 5. The first-order valence-corrected chi connectivity index (χ1v) is 7.91. The minimum atomic E-state index is 0.262. The van der Waals surface area contributed by atoms with Gasteiger partial charge in [0.15, 0.2) is 0 Å². The number of likely N-dealkylation sites (tertiary alicyclic amines) is 1. The van der Waals surface area contributed by atoms with Crippen molar-refractivity contribution < 1.29 is 4.79 Å². The maximum atomic E-state index is 12.3. The van der Waals surface area contributed by atoms with E-state index in [4.69, 9.17) is 0 Å². The highest BCUT2D eigenvalue weighted by Crippen LogP contribution is 2.26. The summed E-state index contributed by atoms with van der Waals surface area (Å²) >= 11 is 0. The van der Waals surface area contributed by atoms with Gasteiger partial charge in [-0.2, -0.15) is 0 Å². The number of benzene rings is 1. The number of fused-ring (bicyclic) bond motifs is 1. The van der Waals surface area contributed by atoms with E-state index in [0.29, 0.717) is 11.9 Å². The van der Waals surface area contributed by atoms with Crippen LogP contribution in [0.2, 0.25) is 0 Å². The summed E-state index contributed by atoms with van der Waals surface area (Å²) < 4.78 is 0. The minimum Gasteiger partial charge on any atom is -0.341 e. The zero-order valence-corrected chi connectivity index (χ0v) is 12.1. The Morgan fingerprint density at radius 2 is 2.05 bits per heavy atom. The van der Waals surface area contributed by atoms with Gasteiger partial charge in [-0.25, -0.2) is 0 Å². The molecule has 2 unspecified atom stereocenters. The van der Waals surface area contributed by atoms with Crippen LogP contribution in [0.4, 0.5) is 0 Å². The fourth-order valence-electron chi connectivity index (χ4n) is 3.48. The number of nitrogens with one attached hydrogen (secondary N) is 1. The molecule has 0 aliphatic carbocycles. The maximum absolute atomic E-state index is 12.3. The molecule has 1 aromatic rings. The van der Waals surface area contributed by atoms with Crippen molar-refractivity contribution in [1.82, 2.24) is 10.2 Å². The predicted molar refractivity (Wildman–Crippen MR) is 80.5 cm³/mol. The van der Waals surface area contributed by atoms with Gasteiger partial charge in [-0.3, -0.25) is 4.79 Å². The molecule has 2 heterocycles. The highest BCUT2D eigenvalue weighted by atomic mass is 16.2. The van der Waals surface area contributed by atoms with Gasteiger partial charge in [0.2, 0.25) is 5.91 Å². The van der Waals surface area contributed by atoms with E-state index >= 15 is 0 Å². The van der Waals surface area contributed by atoms with Crippen LogP contribution in [0.1, 0.15) is 31.2 Å². The second-order valence-corrected chi connectivity index (χ2v) is 6.04. The Hall–Kier alpha value is -1.35. The van der Waals surface area contributed by atoms with Crippen molar-refractivity contribution in [2.75, 3.05) is 19.6 Å². The summed E-state index contributed by atoms with van der Waals surface area (Å²) in [7, 11) is 0. The number of carbonyl (C=O) groups excluding carboxylic acids is 1. The molecule has 3 nitrogen and oxygen atoms in total. The van der Waals surface area contributed by atoms with Crippen LogP contribution in [0.3, 0.4) is 0 Å². The molecule has 3 heteroatoms. The number of hydrogen-bond donors (Lipinski definition) is 1. The van der Waals surface area contributed by atoms with Crippen LogP contribution in [0.15, 0.2) is 30.3 Å².